The van der Waals surface area contributed by atoms with Gasteiger partial charge in [-0.15, -0.1) is 0 Å². The number of nitrogens with zero attached hydrogens (tertiary/aromatic N) is 2. The molecule has 0 aromatic heterocycles. The highest BCUT2D eigenvalue weighted by atomic mass is 16.6. The summed E-state index contributed by atoms with van der Waals surface area (Å²) in [4.78, 5) is 22.6. The molecule has 2 N–H and O–H groups in total. The third-order valence-corrected chi connectivity index (χ3v) is 5.30. The lowest BCUT2D eigenvalue weighted by Crippen LogP contribution is -2.20. The number of carbonyl (C=O) groups is 2. The molecule has 206 valence electrons. The van der Waals surface area contributed by atoms with Crippen molar-refractivity contribution in [1.82, 2.24) is 10.9 Å². The van der Waals surface area contributed by atoms with Crippen LogP contribution in [-0.2, 0) is 9.47 Å². The minimum absolute atomic E-state index is 0.298. The second-order valence-corrected chi connectivity index (χ2v) is 8.22. The number of hydrogen-bond acceptors (Lipinski definition) is 8. The van der Waals surface area contributed by atoms with E-state index < -0.39 is 12.2 Å². The average molecular weight is 527 g/mol. The molecule has 38 heavy (non-hydrogen) atoms. The largest absolute Gasteiger partial charge is 0.494 e. The molecule has 0 saturated heterocycles. The van der Waals surface area contributed by atoms with Crippen LogP contribution in [0.4, 0.5) is 9.59 Å². The van der Waals surface area contributed by atoms with E-state index in [1.165, 1.54) is 0 Å². The maximum atomic E-state index is 11.3. The summed E-state index contributed by atoms with van der Waals surface area (Å²) >= 11 is 0. The van der Waals surface area contributed by atoms with Gasteiger partial charge >= 0.3 is 12.2 Å². The van der Waals surface area contributed by atoms with Crippen molar-refractivity contribution in [3.05, 3.63) is 59.7 Å². The van der Waals surface area contributed by atoms with E-state index in [1.54, 1.807) is 13.8 Å². The standard InChI is InChI=1S/C28H38N4O6/c1-5-35-27(33)31-29-21(3)23-11-15-25(16-12-23)37-19-9-7-8-10-20-38-26-17-13-24(14-18-26)22(4)30-32-28(34)36-6-2/h11-18H,5-10,19-20H2,1-4H3,(H,31,33)(H,32,34)/b29-21-,30-22+. The number of nitrogens with one attached hydrogen (secondary N) is 2. The van der Waals surface area contributed by atoms with Crippen LogP contribution in [0.15, 0.2) is 58.7 Å². The van der Waals surface area contributed by atoms with Crippen molar-refractivity contribution in [2.45, 2.75) is 53.4 Å². The molecule has 0 saturated carbocycles. The number of hydrogen-bond donors (Lipinski definition) is 2. The van der Waals surface area contributed by atoms with Gasteiger partial charge in [0.15, 0.2) is 0 Å². The molecule has 2 aromatic rings. The van der Waals surface area contributed by atoms with Crippen molar-refractivity contribution in [3.63, 3.8) is 0 Å². The summed E-state index contributed by atoms with van der Waals surface area (Å²) < 4.78 is 21.2. The van der Waals surface area contributed by atoms with Gasteiger partial charge in [-0.2, -0.15) is 10.2 Å². The SMILES string of the molecule is CCOC(=O)N/N=C(/C)c1ccc(OCCCCCCOc2ccc(/C(C)=N/NC(=O)OCC)cc2)cc1. The molecule has 10 nitrogen and oxygen atoms in total. The van der Waals surface area contributed by atoms with Gasteiger partial charge in [-0.1, -0.05) is 0 Å². The van der Waals surface area contributed by atoms with Gasteiger partial charge in [-0.05, 0) is 113 Å². The van der Waals surface area contributed by atoms with Crippen LogP contribution in [-0.4, -0.2) is 50.0 Å². The van der Waals surface area contributed by atoms with E-state index in [-0.39, 0.29) is 0 Å². The molecule has 10 heteroatoms. The zero-order chi connectivity index (χ0) is 27.6. The first-order valence-electron chi connectivity index (χ1n) is 12.8. The first kappa shape index (κ1) is 30.1. The molecule has 0 heterocycles. The lowest BCUT2D eigenvalue weighted by Gasteiger charge is -2.09. The summed E-state index contributed by atoms with van der Waals surface area (Å²) in [5, 5.41) is 8.04. The fourth-order valence-corrected chi connectivity index (χ4v) is 3.24. The minimum Gasteiger partial charge on any atom is -0.494 e. The summed E-state index contributed by atoms with van der Waals surface area (Å²) in [7, 11) is 0. The first-order valence-corrected chi connectivity index (χ1v) is 12.8. The van der Waals surface area contributed by atoms with Crippen LogP contribution in [0.25, 0.3) is 0 Å². The van der Waals surface area contributed by atoms with E-state index in [0.29, 0.717) is 37.9 Å². The van der Waals surface area contributed by atoms with E-state index >= 15 is 0 Å². The van der Waals surface area contributed by atoms with Gasteiger partial charge in [-0.3, -0.25) is 0 Å². The topological polar surface area (TPSA) is 120 Å². The van der Waals surface area contributed by atoms with Gasteiger partial charge in [-0.25, -0.2) is 20.4 Å². The molecular formula is C28H38N4O6. The van der Waals surface area contributed by atoms with E-state index in [9.17, 15) is 9.59 Å². The number of benzene rings is 2. The zero-order valence-corrected chi connectivity index (χ0v) is 22.6. The maximum absolute atomic E-state index is 11.3. The molecule has 0 atom stereocenters. The Morgan fingerprint density at radius 1 is 0.632 bits per heavy atom. The van der Waals surface area contributed by atoms with E-state index in [1.807, 2.05) is 62.4 Å². The minimum atomic E-state index is -0.573. The molecule has 0 aliphatic rings. The van der Waals surface area contributed by atoms with Gasteiger partial charge in [0, 0.05) is 0 Å². The van der Waals surface area contributed by atoms with Crippen LogP contribution in [0.1, 0.15) is 64.5 Å². The molecule has 0 bridgehead atoms. The number of carbonyl (C=O) groups excluding carboxylic acids is 2. The van der Waals surface area contributed by atoms with Crippen LogP contribution in [0.3, 0.4) is 0 Å². The van der Waals surface area contributed by atoms with E-state index in [4.69, 9.17) is 18.9 Å². The fourth-order valence-electron chi connectivity index (χ4n) is 3.24. The van der Waals surface area contributed by atoms with Crippen molar-refractivity contribution < 1.29 is 28.5 Å². The Morgan fingerprint density at radius 2 is 1.00 bits per heavy atom. The molecule has 2 rings (SSSR count). The molecule has 2 aromatic carbocycles. The summed E-state index contributed by atoms with van der Waals surface area (Å²) in [6.45, 7) is 8.98. The van der Waals surface area contributed by atoms with Crippen LogP contribution in [0.2, 0.25) is 0 Å². The third kappa shape index (κ3) is 11.8. The number of hydrazone groups is 2. The van der Waals surface area contributed by atoms with Crippen molar-refractivity contribution in [1.29, 1.82) is 0 Å². The third-order valence-electron chi connectivity index (χ3n) is 5.30. The number of ether oxygens (including phenoxy) is 4. The predicted molar refractivity (Wildman–Crippen MR) is 147 cm³/mol. The average Bonchev–Trinajstić information content (AvgIpc) is 2.93. The summed E-state index contributed by atoms with van der Waals surface area (Å²) in [6, 6.07) is 15.2. The fraction of sp³-hybridized carbons (Fsp3) is 0.429. The van der Waals surface area contributed by atoms with Crippen molar-refractivity contribution in [2.75, 3.05) is 26.4 Å². The van der Waals surface area contributed by atoms with Gasteiger partial charge < -0.3 is 18.9 Å². The second kappa shape index (κ2) is 17.4. The highest BCUT2D eigenvalue weighted by molar-refractivity contribution is 5.99. The lowest BCUT2D eigenvalue weighted by atomic mass is 10.1. The number of unbranched alkanes of at least 4 members (excludes halogenated alkanes) is 3. The Hall–Kier alpha value is -4.08. The molecule has 0 aliphatic carbocycles. The summed E-state index contributed by atoms with van der Waals surface area (Å²) in [5.74, 6) is 1.59. The van der Waals surface area contributed by atoms with Gasteiger partial charge in [0.2, 0.25) is 0 Å². The molecule has 0 unspecified atom stereocenters. The first-order chi connectivity index (χ1) is 18.4. The van der Waals surface area contributed by atoms with Gasteiger partial charge in [0.05, 0.1) is 37.9 Å². The van der Waals surface area contributed by atoms with E-state index in [0.717, 1.165) is 48.3 Å². The van der Waals surface area contributed by atoms with Crippen molar-refractivity contribution in [3.8, 4) is 11.5 Å². The monoisotopic (exact) mass is 526 g/mol. The number of rotatable bonds is 15. The molecule has 0 spiro atoms. The molecule has 0 fully saturated rings. The highest BCUT2D eigenvalue weighted by Gasteiger charge is 2.03. The smallest absolute Gasteiger partial charge is 0.427 e. The lowest BCUT2D eigenvalue weighted by molar-refractivity contribution is 0.151. The van der Waals surface area contributed by atoms with Crippen LogP contribution in [0.5, 0.6) is 11.5 Å². The Kier molecular flexibility index (Phi) is 13.8. The Bertz CT molecular complexity index is 967. The zero-order valence-electron chi connectivity index (χ0n) is 22.6. The Labute approximate surface area is 224 Å². The maximum Gasteiger partial charge on any atom is 0.427 e. The van der Waals surface area contributed by atoms with Crippen molar-refractivity contribution in [2.24, 2.45) is 10.2 Å². The van der Waals surface area contributed by atoms with Crippen LogP contribution in [0, 0.1) is 0 Å². The second-order valence-electron chi connectivity index (χ2n) is 8.22. The molecule has 0 radical (unpaired) electrons. The molecule has 0 aliphatic heterocycles. The van der Waals surface area contributed by atoms with Gasteiger partial charge in [0.25, 0.3) is 0 Å². The number of amides is 2. The normalized spacial score (nSPS) is 11.5. The summed E-state index contributed by atoms with van der Waals surface area (Å²) in [5.41, 5.74) is 7.83. The van der Waals surface area contributed by atoms with Crippen LogP contribution >= 0.6 is 0 Å². The summed E-state index contributed by atoms with van der Waals surface area (Å²) in [6.07, 6.45) is 2.87. The van der Waals surface area contributed by atoms with Crippen molar-refractivity contribution >= 4 is 23.6 Å². The van der Waals surface area contributed by atoms with E-state index in [2.05, 4.69) is 21.1 Å². The Morgan fingerprint density at radius 3 is 1.34 bits per heavy atom. The predicted octanol–water partition coefficient (Wildman–Crippen LogP) is 5.65. The van der Waals surface area contributed by atoms with Gasteiger partial charge in [0.1, 0.15) is 11.5 Å². The highest BCUT2D eigenvalue weighted by Crippen LogP contribution is 2.15. The van der Waals surface area contributed by atoms with Crippen LogP contribution < -0.4 is 20.3 Å². The Balaban J connectivity index is 1.58. The molecule has 2 amide bonds. The quantitative estimate of drug-likeness (QED) is 0.176. The molecular weight excluding hydrogens is 488 g/mol.